The van der Waals surface area contributed by atoms with Gasteiger partial charge in [-0.25, -0.2) is 0 Å². The first-order valence-corrected chi connectivity index (χ1v) is 8.20. The Morgan fingerprint density at radius 2 is 1.74 bits per heavy atom. The first kappa shape index (κ1) is 14.9. The minimum atomic E-state index is 0.784. The smallest absolute Gasteiger partial charge is 0.0642 e. The van der Waals surface area contributed by atoms with Crippen molar-refractivity contribution < 1.29 is 0 Å². The number of rotatable bonds is 4. The summed E-state index contributed by atoms with van der Waals surface area (Å²) in [4.78, 5) is 2.18. The van der Waals surface area contributed by atoms with Gasteiger partial charge in [0.2, 0.25) is 0 Å². The summed E-state index contributed by atoms with van der Waals surface area (Å²) in [6, 6.07) is 14.2. The summed E-state index contributed by atoms with van der Waals surface area (Å²) in [5, 5.41) is 1.58. The zero-order valence-corrected chi connectivity index (χ0v) is 14.5. The van der Waals surface area contributed by atoms with Crippen molar-refractivity contribution >= 4 is 49.1 Å². The molecular weight excluding hydrogens is 389 g/mol. The van der Waals surface area contributed by atoms with Gasteiger partial charge in [0.25, 0.3) is 0 Å². The fraction of sp³-hybridized carbons (Fsp3) is 0.200. The highest BCUT2D eigenvalue weighted by atomic mass is 79.9. The van der Waals surface area contributed by atoms with Crippen LogP contribution in [-0.4, -0.2) is 7.05 Å². The Labute approximate surface area is 135 Å². The Morgan fingerprint density at radius 3 is 2.42 bits per heavy atom. The zero-order valence-electron chi connectivity index (χ0n) is 10.5. The number of anilines is 1. The zero-order chi connectivity index (χ0) is 13.8. The van der Waals surface area contributed by atoms with Crippen LogP contribution < -0.4 is 4.90 Å². The van der Waals surface area contributed by atoms with Crippen molar-refractivity contribution in [3.05, 3.63) is 63.1 Å². The van der Waals surface area contributed by atoms with Crippen molar-refractivity contribution in [2.24, 2.45) is 0 Å². The highest BCUT2D eigenvalue weighted by Crippen LogP contribution is 2.32. The predicted molar refractivity (Wildman–Crippen MR) is 90.3 cm³/mol. The minimum Gasteiger partial charge on any atom is -0.369 e. The quantitative estimate of drug-likeness (QED) is 0.598. The summed E-state index contributed by atoms with van der Waals surface area (Å²) in [6.45, 7) is 0.811. The van der Waals surface area contributed by atoms with E-state index in [1.807, 2.05) is 24.3 Å². The van der Waals surface area contributed by atoms with Gasteiger partial charge in [0.05, 0.1) is 10.7 Å². The number of hydrogen-bond donors (Lipinski definition) is 0. The molecular formula is C15H14Br2ClN. The van der Waals surface area contributed by atoms with E-state index in [1.165, 1.54) is 11.1 Å². The second-order valence-electron chi connectivity index (χ2n) is 4.33. The number of hydrogen-bond acceptors (Lipinski definition) is 1. The SMILES string of the molecule is CN(Cc1ccccc1Br)c1c(Cl)cccc1CBr. The van der Waals surface area contributed by atoms with E-state index in [0.717, 1.165) is 27.1 Å². The van der Waals surface area contributed by atoms with Crippen LogP contribution in [0.2, 0.25) is 5.02 Å². The largest absolute Gasteiger partial charge is 0.369 e. The highest BCUT2D eigenvalue weighted by Gasteiger charge is 2.12. The van der Waals surface area contributed by atoms with Gasteiger partial charge in [-0.1, -0.05) is 73.8 Å². The summed E-state index contributed by atoms with van der Waals surface area (Å²) in [5.74, 6) is 0. The minimum absolute atomic E-state index is 0.784. The Hall–Kier alpha value is -0.510. The van der Waals surface area contributed by atoms with E-state index in [4.69, 9.17) is 11.6 Å². The van der Waals surface area contributed by atoms with Crippen LogP contribution in [0.3, 0.4) is 0 Å². The Bertz CT molecular complexity index is 572. The molecule has 4 heteroatoms. The van der Waals surface area contributed by atoms with Crippen LogP contribution in [-0.2, 0) is 11.9 Å². The third kappa shape index (κ3) is 3.53. The molecule has 1 nitrogen and oxygen atoms in total. The monoisotopic (exact) mass is 401 g/mol. The average molecular weight is 404 g/mol. The van der Waals surface area contributed by atoms with Gasteiger partial charge in [-0.05, 0) is 23.3 Å². The summed E-state index contributed by atoms with van der Waals surface area (Å²) in [7, 11) is 2.06. The molecule has 0 saturated heterocycles. The molecule has 100 valence electrons. The van der Waals surface area contributed by atoms with E-state index in [2.05, 4.69) is 62.0 Å². The molecule has 0 saturated carbocycles. The van der Waals surface area contributed by atoms with Gasteiger partial charge in [0.15, 0.2) is 0 Å². The fourth-order valence-electron chi connectivity index (χ4n) is 2.06. The molecule has 2 aromatic rings. The summed E-state index contributed by atoms with van der Waals surface area (Å²) >= 11 is 13.4. The molecule has 0 N–H and O–H groups in total. The maximum Gasteiger partial charge on any atom is 0.0642 e. The third-order valence-corrected chi connectivity index (χ3v) is 4.64. The van der Waals surface area contributed by atoms with Crippen molar-refractivity contribution in [3.63, 3.8) is 0 Å². The van der Waals surface area contributed by atoms with E-state index in [9.17, 15) is 0 Å². The van der Waals surface area contributed by atoms with Crippen molar-refractivity contribution in [2.75, 3.05) is 11.9 Å². The molecule has 0 bridgehead atoms. The van der Waals surface area contributed by atoms with Crippen LogP contribution in [0.5, 0.6) is 0 Å². The van der Waals surface area contributed by atoms with Crippen LogP contribution in [0.1, 0.15) is 11.1 Å². The first-order chi connectivity index (χ1) is 9.13. The summed E-state index contributed by atoms with van der Waals surface area (Å²) in [6.07, 6.45) is 0. The lowest BCUT2D eigenvalue weighted by molar-refractivity contribution is 0.912. The molecule has 0 aliphatic carbocycles. The molecule has 0 aliphatic rings. The lowest BCUT2D eigenvalue weighted by Gasteiger charge is -2.24. The van der Waals surface area contributed by atoms with Gasteiger partial charge in [-0.15, -0.1) is 0 Å². The van der Waals surface area contributed by atoms with Crippen molar-refractivity contribution in [3.8, 4) is 0 Å². The van der Waals surface area contributed by atoms with Gasteiger partial charge in [-0.3, -0.25) is 0 Å². The van der Waals surface area contributed by atoms with Gasteiger partial charge >= 0.3 is 0 Å². The Balaban J connectivity index is 2.30. The summed E-state index contributed by atoms with van der Waals surface area (Å²) in [5.41, 5.74) is 3.52. The third-order valence-electron chi connectivity index (χ3n) is 2.96. The van der Waals surface area contributed by atoms with Gasteiger partial charge in [0.1, 0.15) is 0 Å². The maximum atomic E-state index is 6.33. The average Bonchev–Trinajstić information content (AvgIpc) is 2.40. The molecule has 19 heavy (non-hydrogen) atoms. The van der Waals surface area contributed by atoms with E-state index >= 15 is 0 Å². The molecule has 2 rings (SSSR count). The standard InChI is InChI=1S/C15H14Br2ClN/c1-19(10-12-5-2-3-7-13(12)17)15-11(9-16)6-4-8-14(15)18/h2-8H,9-10H2,1H3. The molecule has 0 heterocycles. The van der Waals surface area contributed by atoms with E-state index in [0.29, 0.717) is 0 Å². The maximum absolute atomic E-state index is 6.33. The molecule has 0 aromatic heterocycles. The van der Waals surface area contributed by atoms with E-state index in [-0.39, 0.29) is 0 Å². The topological polar surface area (TPSA) is 3.24 Å². The van der Waals surface area contributed by atoms with Crippen molar-refractivity contribution in [1.82, 2.24) is 0 Å². The fourth-order valence-corrected chi connectivity index (χ4v) is 3.26. The molecule has 2 aromatic carbocycles. The summed E-state index contributed by atoms with van der Waals surface area (Å²) < 4.78 is 1.12. The van der Waals surface area contributed by atoms with Crippen LogP contribution >= 0.6 is 43.5 Å². The predicted octanol–water partition coefficient (Wildman–Crippen LogP) is 5.63. The molecule has 0 aliphatic heterocycles. The molecule has 0 spiro atoms. The molecule has 0 atom stereocenters. The van der Waals surface area contributed by atoms with Crippen molar-refractivity contribution in [2.45, 2.75) is 11.9 Å². The first-order valence-electron chi connectivity index (χ1n) is 5.91. The second-order valence-corrected chi connectivity index (χ2v) is 6.15. The van der Waals surface area contributed by atoms with Gasteiger partial charge in [0, 0.05) is 23.4 Å². The second kappa shape index (κ2) is 6.78. The number of benzene rings is 2. The lowest BCUT2D eigenvalue weighted by atomic mass is 10.1. The van der Waals surface area contributed by atoms with Crippen LogP contribution in [0.25, 0.3) is 0 Å². The van der Waals surface area contributed by atoms with E-state index < -0.39 is 0 Å². The highest BCUT2D eigenvalue weighted by molar-refractivity contribution is 9.10. The van der Waals surface area contributed by atoms with Gasteiger partial charge in [-0.2, -0.15) is 0 Å². The Morgan fingerprint density at radius 1 is 1.05 bits per heavy atom. The normalized spacial score (nSPS) is 10.5. The number of halogens is 3. The van der Waals surface area contributed by atoms with Crippen LogP contribution in [0, 0.1) is 0 Å². The van der Waals surface area contributed by atoms with Gasteiger partial charge < -0.3 is 4.90 Å². The number of para-hydroxylation sites is 1. The molecule has 0 fully saturated rings. The van der Waals surface area contributed by atoms with Crippen LogP contribution in [0.4, 0.5) is 5.69 Å². The molecule has 0 unspecified atom stereocenters. The Kier molecular flexibility index (Phi) is 5.31. The molecule has 0 radical (unpaired) electrons. The molecule has 0 amide bonds. The number of nitrogens with zero attached hydrogens (tertiary/aromatic N) is 1. The number of alkyl halides is 1. The lowest BCUT2D eigenvalue weighted by Crippen LogP contribution is -2.18. The van der Waals surface area contributed by atoms with E-state index in [1.54, 1.807) is 0 Å². The van der Waals surface area contributed by atoms with Crippen molar-refractivity contribution in [1.29, 1.82) is 0 Å². The van der Waals surface area contributed by atoms with Crippen LogP contribution in [0.15, 0.2) is 46.9 Å².